The van der Waals surface area contributed by atoms with Crippen LogP contribution in [0, 0.1) is 0 Å². The first-order valence-corrected chi connectivity index (χ1v) is 9.74. The van der Waals surface area contributed by atoms with E-state index in [1.165, 1.54) is 11.3 Å². The quantitative estimate of drug-likeness (QED) is 0.677. The smallest absolute Gasteiger partial charge is 0.222 e. The van der Waals surface area contributed by atoms with Gasteiger partial charge < -0.3 is 9.30 Å². The number of fused-ring (bicyclic) bond motifs is 1. The van der Waals surface area contributed by atoms with Gasteiger partial charge in [-0.15, -0.1) is 0 Å². The van der Waals surface area contributed by atoms with Crippen molar-refractivity contribution in [2.24, 2.45) is 0 Å². The third kappa shape index (κ3) is 4.37. The van der Waals surface area contributed by atoms with Crippen molar-refractivity contribution < 1.29 is 4.79 Å². The summed E-state index contributed by atoms with van der Waals surface area (Å²) in [6.45, 7) is 4.36. The van der Waals surface area contributed by atoms with Crippen molar-refractivity contribution in [1.29, 1.82) is 0 Å². The lowest BCUT2D eigenvalue weighted by Gasteiger charge is -2.34. The van der Waals surface area contributed by atoms with Crippen LogP contribution in [0.1, 0.15) is 24.1 Å². The molecule has 1 aromatic carbocycles. The number of carbonyl (C=O) groups is 1. The number of nitrogens with zero attached hydrogens (tertiary/aromatic N) is 4. The highest BCUT2D eigenvalue weighted by atomic mass is 16.2. The molecule has 0 atom stereocenters. The number of carbonyl (C=O) groups excluding carboxylic acids is 1. The Kier molecular flexibility index (Phi) is 5.49. The van der Waals surface area contributed by atoms with Crippen molar-refractivity contribution in [2.45, 2.75) is 25.8 Å². The van der Waals surface area contributed by atoms with Gasteiger partial charge in [0.15, 0.2) is 0 Å². The molecule has 27 heavy (non-hydrogen) atoms. The van der Waals surface area contributed by atoms with E-state index in [9.17, 15) is 4.79 Å². The molecule has 0 N–H and O–H groups in total. The fraction of sp³-hybridized carbons (Fsp3) is 0.364. The molecule has 0 saturated carbocycles. The van der Waals surface area contributed by atoms with Gasteiger partial charge in [0.2, 0.25) is 5.91 Å². The molecule has 0 spiro atoms. The van der Waals surface area contributed by atoms with E-state index in [4.69, 9.17) is 0 Å². The molecule has 3 aromatic rings. The van der Waals surface area contributed by atoms with Crippen molar-refractivity contribution in [1.82, 2.24) is 19.2 Å². The highest BCUT2D eigenvalue weighted by molar-refractivity contribution is 5.76. The highest BCUT2D eigenvalue weighted by Crippen LogP contribution is 2.13. The summed E-state index contributed by atoms with van der Waals surface area (Å²) in [6.07, 6.45) is 6.55. The van der Waals surface area contributed by atoms with E-state index in [1.54, 1.807) is 0 Å². The Bertz CT molecular complexity index is 881. The zero-order valence-corrected chi connectivity index (χ0v) is 15.6. The normalized spacial score (nSPS) is 15.3. The van der Waals surface area contributed by atoms with Crippen molar-refractivity contribution in [3.8, 4) is 0 Å². The van der Waals surface area contributed by atoms with Gasteiger partial charge in [-0.3, -0.25) is 9.69 Å². The van der Waals surface area contributed by atoms with Crippen molar-refractivity contribution in [2.75, 3.05) is 26.2 Å². The van der Waals surface area contributed by atoms with Crippen molar-refractivity contribution >= 4 is 11.6 Å². The van der Waals surface area contributed by atoms with Gasteiger partial charge in [0.1, 0.15) is 5.65 Å². The number of piperazine rings is 1. The van der Waals surface area contributed by atoms with Gasteiger partial charge in [0.05, 0.1) is 11.9 Å². The molecule has 0 aliphatic carbocycles. The van der Waals surface area contributed by atoms with E-state index in [2.05, 4.69) is 44.7 Å². The van der Waals surface area contributed by atoms with E-state index in [-0.39, 0.29) is 0 Å². The second-order valence-electron chi connectivity index (χ2n) is 7.17. The summed E-state index contributed by atoms with van der Waals surface area (Å²) >= 11 is 0. The maximum absolute atomic E-state index is 12.5. The maximum Gasteiger partial charge on any atom is 0.222 e. The maximum atomic E-state index is 12.5. The third-order valence-corrected chi connectivity index (χ3v) is 5.30. The number of aromatic nitrogens is 2. The Morgan fingerprint density at radius 2 is 1.74 bits per heavy atom. The molecule has 0 bridgehead atoms. The van der Waals surface area contributed by atoms with Crippen LogP contribution in [-0.2, 0) is 17.8 Å². The highest BCUT2D eigenvalue weighted by Gasteiger charge is 2.21. The molecule has 1 fully saturated rings. The summed E-state index contributed by atoms with van der Waals surface area (Å²) in [7, 11) is 0. The van der Waals surface area contributed by atoms with Crippen LogP contribution in [0.5, 0.6) is 0 Å². The molecule has 5 heteroatoms. The van der Waals surface area contributed by atoms with Crippen LogP contribution in [0.2, 0.25) is 0 Å². The van der Waals surface area contributed by atoms with Crippen LogP contribution in [0.25, 0.3) is 5.65 Å². The lowest BCUT2D eigenvalue weighted by molar-refractivity contribution is -0.133. The molecule has 1 aliphatic heterocycles. The number of benzene rings is 1. The monoisotopic (exact) mass is 362 g/mol. The van der Waals surface area contributed by atoms with E-state index in [1.807, 2.05) is 35.4 Å². The van der Waals surface area contributed by atoms with E-state index < -0.39 is 0 Å². The van der Waals surface area contributed by atoms with Gasteiger partial charge >= 0.3 is 0 Å². The SMILES string of the molecule is O=C(CCCc1ccccc1)N1CCN(Cc2cnc3ccccn23)CC1. The fourth-order valence-electron chi connectivity index (χ4n) is 3.73. The summed E-state index contributed by atoms with van der Waals surface area (Å²) in [5, 5.41) is 0. The lowest BCUT2D eigenvalue weighted by atomic mass is 10.1. The van der Waals surface area contributed by atoms with Crippen LogP contribution < -0.4 is 0 Å². The molecule has 3 heterocycles. The van der Waals surface area contributed by atoms with Crippen LogP contribution in [0.15, 0.2) is 60.9 Å². The average Bonchev–Trinajstić information content (AvgIpc) is 3.12. The Balaban J connectivity index is 1.23. The molecule has 1 saturated heterocycles. The van der Waals surface area contributed by atoms with Gasteiger partial charge in [-0.05, 0) is 30.5 Å². The molecule has 5 nitrogen and oxygen atoms in total. The number of rotatable bonds is 6. The van der Waals surface area contributed by atoms with Crippen LogP contribution in [0.3, 0.4) is 0 Å². The number of amides is 1. The van der Waals surface area contributed by atoms with E-state index in [0.29, 0.717) is 12.3 Å². The summed E-state index contributed by atoms with van der Waals surface area (Å²) < 4.78 is 2.14. The Labute approximate surface area is 160 Å². The van der Waals surface area contributed by atoms with Crippen LogP contribution in [0.4, 0.5) is 0 Å². The third-order valence-electron chi connectivity index (χ3n) is 5.30. The molecule has 1 amide bonds. The molecular weight excluding hydrogens is 336 g/mol. The van der Waals surface area contributed by atoms with E-state index >= 15 is 0 Å². The van der Waals surface area contributed by atoms with Crippen molar-refractivity contribution in [3.63, 3.8) is 0 Å². The predicted octanol–water partition coefficient (Wildman–Crippen LogP) is 3.00. The number of imidazole rings is 1. The molecule has 4 rings (SSSR count). The zero-order valence-electron chi connectivity index (χ0n) is 15.6. The summed E-state index contributed by atoms with van der Waals surface area (Å²) in [5.74, 6) is 0.292. The van der Waals surface area contributed by atoms with Gasteiger partial charge in [0.25, 0.3) is 0 Å². The number of hydrogen-bond donors (Lipinski definition) is 0. The van der Waals surface area contributed by atoms with E-state index in [0.717, 1.165) is 51.2 Å². The zero-order chi connectivity index (χ0) is 18.5. The topological polar surface area (TPSA) is 40.9 Å². The molecule has 140 valence electrons. The molecule has 0 unspecified atom stereocenters. The Morgan fingerprint density at radius 3 is 2.56 bits per heavy atom. The van der Waals surface area contributed by atoms with Gasteiger partial charge in [-0.2, -0.15) is 0 Å². The molecular formula is C22H26N4O. The van der Waals surface area contributed by atoms with Crippen LogP contribution in [-0.4, -0.2) is 51.3 Å². The lowest BCUT2D eigenvalue weighted by Crippen LogP contribution is -2.48. The second-order valence-corrected chi connectivity index (χ2v) is 7.17. The van der Waals surface area contributed by atoms with Crippen molar-refractivity contribution in [3.05, 3.63) is 72.2 Å². The number of pyridine rings is 1. The molecule has 1 aliphatic rings. The standard InChI is InChI=1S/C22H26N4O/c27-22(11-6-9-19-7-2-1-3-8-19)25-15-13-24(14-16-25)18-20-17-23-21-10-4-5-12-26(20)21/h1-5,7-8,10,12,17H,6,9,11,13-16,18H2. The number of hydrogen-bond acceptors (Lipinski definition) is 3. The second kappa shape index (κ2) is 8.35. The first-order chi connectivity index (χ1) is 13.3. The number of aryl methyl sites for hydroxylation is 1. The Hall–Kier alpha value is -2.66. The van der Waals surface area contributed by atoms with Gasteiger partial charge in [-0.1, -0.05) is 36.4 Å². The predicted molar refractivity (Wildman–Crippen MR) is 106 cm³/mol. The van der Waals surface area contributed by atoms with Gasteiger partial charge in [-0.25, -0.2) is 4.98 Å². The minimum absolute atomic E-state index is 0.292. The van der Waals surface area contributed by atoms with Gasteiger partial charge in [0, 0.05) is 45.3 Å². The summed E-state index contributed by atoms with van der Waals surface area (Å²) in [4.78, 5) is 21.4. The minimum Gasteiger partial charge on any atom is -0.340 e. The molecule has 0 radical (unpaired) electrons. The largest absolute Gasteiger partial charge is 0.340 e. The Morgan fingerprint density at radius 1 is 0.963 bits per heavy atom. The average molecular weight is 362 g/mol. The minimum atomic E-state index is 0.292. The first kappa shape index (κ1) is 17.7. The first-order valence-electron chi connectivity index (χ1n) is 9.74. The van der Waals surface area contributed by atoms with Crippen LogP contribution >= 0.6 is 0 Å². The fourth-order valence-corrected chi connectivity index (χ4v) is 3.73. The summed E-state index contributed by atoms with van der Waals surface area (Å²) in [5.41, 5.74) is 3.50. The molecule has 2 aromatic heterocycles. The summed E-state index contributed by atoms with van der Waals surface area (Å²) in [6, 6.07) is 16.5.